The summed E-state index contributed by atoms with van der Waals surface area (Å²) in [6.07, 6.45) is 55.3. The van der Waals surface area contributed by atoms with E-state index >= 15 is 0 Å². The number of hydrogen-bond acceptors (Lipinski definition) is 6. The van der Waals surface area contributed by atoms with Crippen molar-refractivity contribution in [1.29, 1.82) is 0 Å². The molecular weight excluding hydrogens is 1090 g/mol. The maximum atomic E-state index is 12.7. The normalized spacial score (nSPS) is 13.9. The first kappa shape index (κ1) is 81.2. The molecule has 0 heterocycles. The molecule has 0 fully saturated rings. The molecule has 4 N–H and O–H groups in total. The molecule has 2 rings (SSSR count). The monoisotopic (exact) mass is 1240 g/mol. The summed E-state index contributed by atoms with van der Waals surface area (Å²) < 4.78 is 13.3. The van der Waals surface area contributed by atoms with Gasteiger partial charge in [-0.15, -0.1) is 0 Å². The summed E-state index contributed by atoms with van der Waals surface area (Å²) in [7, 11) is -9.41. The van der Waals surface area contributed by atoms with Crippen LogP contribution >= 0.6 is 14.6 Å². The van der Waals surface area contributed by atoms with Gasteiger partial charge in [0.2, 0.25) is 0 Å². The molecule has 0 unspecified atom stereocenters. The van der Waals surface area contributed by atoms with Crippen molar-refractivity contribution in [2.45, 2.75) is 401 Å². The minimum absolute atomic E-state index is 0.185. The van der Waals surface area contributed by atoms with Crippen LogP contribution in [-0.4, -0.2) is 50.5 Å². The van der Waals surface area contributed by atoms with Crippen molar-refractivity contribution in [2.24, 2.45) is 0 Å². The van der Waals surface area contributed by atoms with Crippen LogP contribution in [0, 0.1) is 13.8 Å². The van der Waals surface area contributed by atoms with Crippen LogP contribution in [0.25, 0.3) is 0 Å². The Morgan fingerprint density at radius 3 is 0.756 bits per heavy atom. The van der Waals surface area contributed by atoms with Crippen LogP contribution in [-0.2, 0) is 32.7 Å². The number of aryl methyl sites for hydroxylation is 4. The summed E-state index contributed by atoms with van der Waals surface area (Å²) in [5, 5.41) is 0. The van der Waals surface area contributed by atoms with Gasteiger partial charge in [-0.1, -0.05) is 103 Å². The van der Waals surface area contributed by atoms with E-state index in [9.17, 15) is 19.6 Å². The van der Waals surface area contributed by atoms with Gasteiger partial charge in [0.15, 0.2) is 0 Å². The van der Waals surface area contributed by atoms with E-state index in [1.165, 1.54) is 252 Å². The summed E-state index contributed by atoms with van der Waals surface area (Å²) in [6.45, 7) is 25.0. The third-order valence-corrected chi connectivity index (χ3v) is 25.2. The van der Waals surface area contributed by atoms with E-state index in [2.05, 4.69) is 113 Å². The van der Waals surface area contributed by atoms with Gasteiger partial charge < -0.3 is 0 Å². The Labute approximate surface area is 536 Å². The Hall–Kier alpha value is -0.940. The van der Waals surface area contributed by atoms with Crippen LogP contribution < -0.4 is 0 Å². The third-order valence-electron chi connectivity index (χ3n) is 18.9. The van der Waals surface area contributed by atoms with E-state index in [4.69, 9.17) is 9.05 Å². The van der Waals surface area contributed by atoms with E-state index in [0.717, 1.165) is 51.4 Å². The summed E-state index contributed by atoms with van der Waals surface area (Å²) in [5.41, 5.74) is 9.17. The van der Waals surface area contributed by atoms with Gasteiger partial charge in [-0.05, 0) is 59.8 Å². The number of hydrogen-bond donors (Lipinski definition) is 4. The van der Waals surface area contributed by atoms with Crippen LogP contribution in [0.15, 0.2) is 36.4 Å². The van der Waals surface area contributed by atoms with E-state index in [1.54, 1.807) is 0 Å². The zero-order chi connectivity index (χ0) is 63.4. The number of unbranched alkanes of at least 4 members (excludes halogenated alkanes) is 40. The molecule has 0 radical (unpaired) electrons. The summed E-state index contributed by atoms with van der Waals surface area (Å²) >= 11 is 0. The van der Waals surface area contributed by atoms with Crippen molar-refractivity contribution >= 4 is 14.6 Å². The smallest absolute Gasteiger partial charge is 0.0590 e. The standard InChI is InChI=1S/C78H148O6P2/c1-12-15-17-19-21-23-29-35-41-47-53-64-85(79,80,66-55-49-43-37-31-25-27-33-39-45-51-58-72-68-70(4)60-62-74(72)77(6,7)8)83-76(57-14-3)84-86(81,82,65-54-48-42-36-30-24-22-20-18-16-13-2)67-56-50-44-38-32-26-28-34-40-46-52-59-73-69-71(5)61-63-75(73)78(9,10)11/h60-63,68-69,76,79-82H,12-59,64-67H2,1-11H3. The SMILES string of the molecule is CCCCCCCCCCCCCP(O)(O)(CCCCCCCCCCCCCc1cc(C)ccc1C(C)(C)C)OC(CCC)OP(O)(O)(CCCCCCCCCCCCC)CCCCCCCCCCCCCc1cc(C)ccc1C(C)(C)C. The number of benzene rings is 2. The molecule has 0 amide bonds. The van der Waals surface area contributed by atoms with Crippen molar-refractivity contribution < 1.29 is 28.6 Å². The minimum Gasteiger partial charge on any atom is -0.0590 e. The van der Waals surface area contributed by atoms with Gasteiger partial charge in [0.1, 0.15) is 0 Å². The van der Waals surface area contributed by atoms with Crippen LogP contribution in [0.3, 0.4) is 0 Å². The molecule has 0 aliphatic heterocycles. The topological polar surface area (TPSA) is 99.4 Å². The van der Waals surface area contributed by atoms with Gasteiger partial charge in [-0.3, -0.25) is 0 Å². The average Bonchev–Trinajstić information content (AvgIpc) is 2.04. The fourth-order valence-corrected chi connectivity index (χ4v) is 19.3. The Balaban J connectivity index is 2.00. The van der Waals surface area contributed by atoms with Crippen molar-refractivity contribution in [3.8, 4) is 0 Å². The average molecular weight is 1240 g/mol. The molecule has 0 atom stereocenters. The first-order valence-corrected chi connectivity index (χ1v) is 42.5. The summed E-state index contributed by atoms with van der Waals surface area (Å²) in [6, 6.07) is 14.0. The fourth-order valence-electron chi connectivity index (χ4n) is 13.5. The van der Waals surface area contributed by atoms with Gasteiger partial charge in [-0.25, -0.2) is 0 Å². The maximum absolute atomic E-state index is 12.7. The molecule has 0 aliphatic rings. The Morgan fingerprint density at radius 2 is 0.535 bits per heavy atom. The number of rotatable bonds is 58. The molecule has 0 bridgehead atoms. The summed E-state index contributed by atoms with van der Waals surface area (Å²) in [5.74, 6) is 0. The predicted molar refractivity (Wildman–Crippen MR) is 385 cm³/mol. The zero-order valence-electron chi connectivity index (χ0n) is 59.3. The molecule has 0 spiro atoms. The van der Waals surface area contributed by atoms with Gasteiger partial charge in [0.05, 0.1) is 0 Å². The molecular formula is C78H148O6P2. The Bertz CT molecular complexity index is 1810. The first-order chi connectivity index (χ1) is 41.0. The third kappa shape index (κ3) is 40.1. The van der Waals surface area contributed by atoms with E-state index in [1.807, 2.05) is 0 Å². The van der Waals surface area contributed by atoms with E-state index in [0.29, 0.717) is 38.5 Å². The molecule has 86 heavy (non-hydrogen) atoms. The molecule has 0 aromatic heterocycles. The van der Waals surface area contributed by atoms with Crippen molar-refractivity contribution in [3.05, 3.63) is 69.8 Å². The van der Waals surface area contributed by atoms with Crippen LogP contribution in [0.5, 0.6) is 0 Å². The molecule has 0 saturated carbocycles. The molecule has 0 aliphatic carbocycles. The quantitative estimate of drug-likeness (QED) is 0.0299. The van der Waals surface area contributed by atoms with Crippen LogP contribution in [0.2, 0.25) is 0 Å². The minimum atomic E-state index is -4.71. The first-order valence-electron chi connectivity index (χ1n) is 37.6. The van der Waals surface area contributed by atoms with Gasteiger partial charge in [0.25, 0.3) is 0 Å². The second-order valence-electron chi connectivity index (χ2n) is 30.1. The molecule has 0 saturated heterocycles. The second kappa shape index (κ2) is 46.2. The predicted octanol–water partition coefficient (Wildman–Crippen LogP) is 25.6. The molecule has 6 nitrogen and oxygen atoms in total. The van der Waals surface area contributed by atoms with E-state index in [-0.39, 0.29) is 35.5 Å². The van der Waals surface area contributed by atoms with E-state index < -0.39 is 20.9 Å². The zero-order valence-corrected chi connectivity index (χ0v) is 61.1. The van der Waals surface area contributed by atoms with Crippen LogP contribution in [0.1, 0.15) is 391 Å². The fraction of sp³-hybridized carbons (Fsp3) is 0.846. The van der Waals surface area contributed by atoms with Gasteiger partial charge >= 0.3 is 376 Å². The van der Waals surface area contributed by atoms with Crippen molar-refractivity contribution in [3.63, 3.8) is 0 Å². The van der Waals surface area contributed by atoms with Gasteiger partial charge in [0, 0.05) is 0 Å². The second-order valence-corrected chi connectivity index (χ2v) is 37.5. The van der Waals surface area contributed by atoms with Gasteiger partial charge in [-0.2, -0.15) is 0 Å². The molecule has 506 valence electrons. The van der Waals surface area contributed by atoms with Crippen molar-refractivity contribution in [1.82, 2.24) is 0 Å². The van der Waals surface area contributed by atoms with Crippen molar-refractivity contribution in [2.75, 3.05) is 24.6 Å². The molecule has 8 heteroatoms. The Kier molecular flexibility index (Phi) is 43.6. The van der Waals surface area contributed by atoms with Crippen LogP contribution in [0.4, 0.5) is 0 Å². The molecule has 2 aromatic rings. The Morgan fingerprint density at radius 1 is 0.314 bits per heavy atom. The molecule has 2 aromatic carbocycles. The summed E-state index contributed by atoms with van der Waals surface area (Å²) in [4.78, 5) is 50.7.